The van der Waals surface area contributed by atoms with Crippen LogP contribution in [0.15, 0.2) is 61.6 Å². The quantitative estimate of drug-likeness (QED) is 0.725. The van der Waals surface area contributed by atoms with E-state index < -0.39 is 0 Å². The van der Waals surface area contributed by atoms with Gasteiger partial charge in [0.15, 0.2) is 0 Å². The van der Waals surface area contributed by atoms with Gasteiger partial charge in [-0.3, -0.25) is 0 Å². The van der Waals surface area contributed by atoms with Gasteiger partial charge in [0.05, 0.1) is 0 Å². The van der Waals surface area contributed by atoms with Crippen LogP contribution in [0, 0.1) is 0 Å². The van der Waals surface area contributed by atoms with E-state index in [1.54, 1.807) is 0 Å². The average Bonchev–Trinajstić information content (AvgIpc) is 2.79. The second kappa shape index (κ2) is 8.41. The minimum atomic E-state index is 0.528. The molecule has 148 valence electrons. The lowest BCUT2D eigenvalue weighted by Crippen LogP contribution is -2.47. The lowest BCUT2D eigenvalue weighted by atomic mass is 10.1. The highest BCUT2D eigenvalue weighted by Crippen LogP contribution is 2.25. The first-order chi connectivity index (χ1) is 14.2. The Hall–Kier alpha value is -3.25. The summed E-state index contributed by atoms with van der Waals surface area (Å²) >= 11 is 0. The number of anilines is 2. The molecule has 0 bridgehead atoms. The van der Waals surface area contributed by atoms with Crippen LogP contribution in [-0.2, 0) is 6.54 Å². The molecule has 1 fully saturated rings. The molecule has 0 radical (unpaired) electrons. The Labute approximate surface area is 171 Å². The fourth-order valence-corrected chi connectivity index (χ4v) is 3.61. The van der Waals surface area contributed by atoms with Crippen molar-refractivity contribution in [1.29, 1.82) is 0 Å². The molecule has 0 spiro atoms. The van der Waals surface area contributed by atoms with E-state index in [4.69, 9.17) is 5.73 Å². The first-order valence-electron chi connectivity index (χ1n) is 9.88. The first-order valence-corrected chi connectivity index (χ1v) is 9.88. The predicted molar refractivity (Wildman–Crippen MR) is 119 cm³/mol. The summed E-state index contributed by atoms with van der Waals surface area (Å²) in [6.07, 6.45) is 5.63. The van der Waals surface area contributed by atoms with Gasteiger partial charge in [0.25, 0.3) is 0 Å². The van der Waals surface area contributed by atoms with Crippen LogP contribution in [0.4, 0.5) is 11.8 Å². The lowest BCUT2D eigenvalue weighted by Gasteiger charge is -2.36. The smallest absolute Gasteiger partial charge is 0.225 e. The molecule has 0 unspecified atom stereocenters. The molecule has 6 heteroatoms. The maximum absolute atomic E-state index is 5.75. The van der Waals surface area contributed by atoms with Gasteiger partial charge >= 0.3 is 0 Å². The lowest BCUT2D eigenvalue weighted by molar-refractivity contribution is 0.634. The van der Waals surface area contributed by atoms with E-state index in [-0.39, 0.29) is 0 Å². The maximum atomic E-state index is 5.75. The molecular weight excluding hydrogens is 360 g/mol. The number of aromatic nitrogens is 3. The highest BCUT2D eigenvalue weighted by molar-refractivity contribution is 5.72. The average molecular weight is 387 g/mol. The van der Waals surface area contributed by atoms with Crippen LogP contribution in [0.2, 0.25) is 0 Å². The minimum absolute atomic E-state index is 0.528. The summed E-state index contributed by atoms with van der Waals surface area (Å²) in [7, 11) is 0. The van der Waals surface area contributed by atoms with Crippen molar-refractivity contribution >= 4 is 17.3 Å². The molecule has 1 aliphatic heterocycles. The third kappa shape index (κ3) is 4.12. The van der Waals surface area contributed by atoms with Crippen molar-refractivity contribution in [2.45, 2.75) is 13.5 Å². The van der Waals surface area contributed by atoms with E-state index in [9.17, 15) is 0 Å². The summed E-state index contributed by atoms with van der Waals surface area (Å²) in [6.45, 7) is 10.1. The van der Waals surface area contributed by atoms with E-state index in [0.29, 0.717) is 6.54 Å². The van der Waals surface area contributed by atoms with Crippen LogP contribution in [0.5, 0.6) is 0 Å². The number of piperazine rings is 1. The number of hydrogen-bond donors (Lipinski definition) is 1. The molecule has 0 amide bonds. The van der Waals surface area contributed by atoms with Gasteiger partial charge in [-0.1, -0.05) is 24.8 Å². The van der Waals surface area contributed by atoms with Crippen molar-refractivity contribution in [2.75, 3.05) is 36.0 Å². The predicted octanol–water partition coefficient (Wildman–Crippen LogP) is 3.36. The molecule has 1 saturated heterocycles. The van der Waals surface area contributed by atoms with Gasteiger partial charge in [0, 0.05) is 62.4 Å². The molecule has 29 heavy (non-hydrogen) atoms. The summed E-state index contributed by atoms with van der Waals surface area (Å²) in [6, 6.07) is 12.2. The van der Waals surface area contributed by atoms with Gasteiger partial charge in [0.2, 0.25) is 5.95 Å². The highest BCUT2D eigenvalue weighted by Gasteiger charge is 2.21. The molecular formula is C23H26N6. The molecule has 3 aromatic rings. The standard InChI is InChI=1S/C23H26N6/c1-17(2)21-7-4-8-25-22(21)28-9-11-29(12-10-28)23-26-15-20(16-27-23)19-6-3-5-18(13-19)14-24/h3-8,13,15-16H,1,9-12,14,24H2,2H3. The fraction of sp³-hybridized carbons (Fsp3) is 0.261. The van der Waals surface area contributed by atoms with Crippen molar-refractivity contribution in [2.24, 2.45) is 5.73 Å². The van der Waals surface area contributed by atoms with E-state index in [1.165, 1.54) is 0 Å². The molecule has 0 saturated carbocycles. The van der Waals surface area contributed by atoms with Gasteiger partial charge in [-0.05, 0) is 41.8 Å². The van der Waals surface area contributed by atoms with Crippen LogP contribution in [0.3, 0.4) is 0 Å². The molecule has 6 nitrogen and oxygen atoms in total. The second-order valence-corrected chi connectivity index (χ2v) is 7.31. The summed E-state index contributed by atoms with van der Waals surface area (Å²) < 4.78 is 0. The zero-order chi connectivity index (χ0) is 20.2. The van der Waals surface area contributed by atoms with E-state index in [2.05, 4.69) is 49.5 Å². The number of pyridine rings is 1. The van der Waals surface area contributed by atoms with E-state index in [1.807, 2.05) is 43.7 Å². The van der Waals surface area contributed by atoms with Gasteiger partial charge < -0.3 is 15.5 Å². The molecule has 1 aromatic carbocycles. The number of rotatable bonds is 5. The van der Waals surface area contributed by atoms with Crippen LogP contribution >= 0.6 is 0 Å². The molecule has 1 aliphatic rings. The summed E-state index contributed by atoms with van der Waals surface area (Å²) in [5, 5.41) is 0. The highest BCUT2D eigenvalue weighted by atomic mass is 15.3. The van der Waals surface area contributed by atoms with Crippen LogP contribution in [0.1, 0.15) is 18.1 Å². The topological polar surface area (TPSA) is 71.2 Å². The number of nitrogens with two attached hydrogens (primary N) is 1. The Morgan fingerprint density at radius 1 is 0.966 bits per heavy atom. The third-order valence-corrected chi connectivity index (χ3v) is 5.24. The van der Waals surface area contributed by atoms with Crippen molar-refractivity contribution < 1.29 is 0 Å². The summed E-state index contributed by atoms with van der Waals surface area (Å²) in [5.41, 5.74) is 11.1. The molecule has 2 N–H and O–H groups in total. The normalized spacial score (nSPS) is 14.1. The number of benzene rings is 1. The van der Waals surface area contributed by atoms with Crippen LogP contribution < -0.4 is 15.5 Å². The molecule has 0 atom stereocenters. The van der Waals surface area contributed by atoms with Crippen molar-refractivity contribution in [1.82, 2.24) is 15.0 Å². The van der Waals surface area contributed by atoms with E-state index in [0.717, 1.165) is 65.8 Å². The largest absolute Gasteiger partial charge is 0.353 e. The van der Waals surface area contributed by atoms with Crippen LogP contribution in [0.25, 0.3) is 16.7 Å². The number of nitrogens with zero attached hydrogens (tertiary/aromatic N) is 5. The third-order valence-electron chi connectivity index (χ3n) is 5.24. The summed E-state index contributed by atoms with van der Waals surface area (Å²) in [5.74, 6) is 1.78. The van der Waals surface area contributed by atoms with Crippen LogP contribution in [-0.4, -0.2) is 41.1 Å². The zero-order valence-corrected chi connectivity index (χ0v) is 16.8. The first kappa shape index (κ1) is 19.1. The molecule has 2 aromatic heterocycles. The fourth-order valence-electron chi connectivity index (χ4n) is 3.61. The second-order valence-electron chi connectivity index (χ2n) is 7.31. The summed E-state index contributed by atoms with van der Waals surface area (Å²) in [4.78, 5) is 18.3. The van der Waals surface area contributed by atoms with Gasteiger partial charge in [-0.15, -0.1) is 0 Å². The Kier molecular flexibility index (Phi) is 5.53. The number of hydrogen-bond acceptors (Lipinski definition) is 6. The van der Waals surface area contributed by atoms with Gasteiger partial charge in [-0.25, -0.2) is 15.0 Å². The van der Waals surface area contributed by atoms with E-state index >= 15 is 0 Å². The maximum Gasteiger partial charge on any atom is 0.225 e. The molecule has 0 aliphatic carbocycles. The Bertz CT molecular complexity index is 990. The van der Waals surface area contributed by atoms with Crippen molar-refractivity contribution in [3.63, 3.8) is 0 Å². The Balaban J connectivity index is 1.44. The van der Waals surface area contributed by atoms with Gasteiger partial charge in [0.1, 0.15) is 5.82 Å². The zero-order valence-electron chi connectivity index (χ0n) is 16.8. The minimum Gasteiger partial charge on any atom is -0.353 e. The molecule has 4 rings (SSSR count). The monoisotopic (exact) mass is 386 g/mol. The van der Waals surface area contributed by atoms with Crippen molar-refractivity contribution in [3.8, 4) is 11.1 Å². The van der Waals surface area contributed by atoms with Gasteiger partial charge in [-0.2, -0.15) is 0 Å². The Morgan fingerprint density at radius 2 is 1.69 bits per heavy atom. The van der Waals surface area contributed by atoms with Crippen molar-refractivity contribution in [3.05, 3.63) is 72.7 Å². The SMILES string of the molecule is C=C(C)c1cccnc1N1CCN(c2ncc(-c3cccc(CN)c3)cn2)CC1. The number of allylic oxidation sites excluding steroid dienone is 1. The molecule has 3 heterocycles. The Morgan fingerprint density at radius 3 is 2.38 bits per heavy atom.